The van der Waals surface area contributed by atoms with Crippen LogP contribution in [0.4, 0.5) is 13.2 Å². The van der Waals surface area contributed by atoms with Crippen molar-refractivity contribution in [3.8, 4) is 11.5 Å². The molecule has 4 aliphatic rings. The molecule has 0 radical (unpaired) electrons. The van der Waals surface area contributed by atoms with E-state index >= 15 is 0 Å². The molecular weight excluding hydrogens is 826 g/mol. The van der Waals surface area contributed by atoms with E-state index in [1.165, 1.54) is 48.5 Å². The van der Waals surface area contributed by atoms with Gasteiger partial charge in [-0.3, -0.25) is 4.90 Å². The van der Waals surface area contributed by atoms with Gasteiger partial charge < -0.3 is 24.2 Å². The average molecular weight is 865 g/mol. The Hall–Kier alpha value is -4.61. The van der Waals surface area contributed by atoms with E-state index in [0.29, 0.717) is 11.3 Å². The molecule has 3 aliphatic heterocycles. The second-order valence-electron chi connectivity index (χ2n) is 14.5. The van der Waals surface area contributed by atoms with Gasteiger partial charge in [0.1, 0.15) is 34.1 Å². The summed E-state index contributed by atoms with van der Waals surface area (Å²) in [6, 6.07) is 12.1. The number of fused-ring (bicyclic) bond motifs is 3. The second kappa shape index (κ2) is 17.7. The van der Waals surface area contributed by atoms with E-state index < -0.39 is 57.5 Å². The van der Waals surface area contributed by atoms with Crippen molar-refractivity contribution in [1.29, 1.82) is 0 Å². The number of carbonyl (C=O) groups is 2. The summed E-state index contributed by atoms with van der Waals surface area (Å²) in [7, 11) is -4.60. The number of pyridine rings is 1. The summed E-state index contributed by atoms with van der Waals surface area (Å²) in [5.74, 6) is -2.53. The first-order valence-corrected chi connectivity index (χ1v) is 20.8. The number of aromatic nitrogens is 1. The zero-order chi connectivity index (χ0) is 41.1. The summed E-state index contributed by atoms with van der Waals surface area (Å²) >= 11 is 12.8. The lowest BCUT2D eigenvalue weighted by Gasteiger charge is -2.44. The number of carbonyl (C=O) groups excluding carboxylic acids is 2. The molecule has 8 rings (SSSR count). The fourth-order valence-electron chi connectivity index (χ4n) is 7.07. The molecule has 2 bridgehead atoms. The molecule has 1 unspecified atom stereocenters. The topological polar surface area (TPSA) is 147 Å². The van der Waals surface area contributed by atoms with E-state index in [1.54, 1.807) is 0 Å². The predicted molar refractivity (Wildman–Crippen MR) is 204 cm³/mol. The van der Waals surface area contributed by atoms with Crippen molar-refractivity contribution in [1.82, 2.24) is 9.62 Å². The summed E-state index contributed by atoms with van der Waals surface area (Å²) in [6.45, 7) is -0.646. The Morgan fingerprint density at radius 2 is 1.66 bits per heavy atom. The molecule has 4 fully saturated rings. The summed E-state index contributed by atoms with van der Waals surface area (Å²) in [4.78, 5) is 29.3. The maximum absolute atomic E-state index is 14.4. The lowest BCUT2D eigenvalue weighted by Crippen LogP contribution is -2.52. The molecule has 1 N–H and O–H groups in total. The highest BCUT2D eigenvalue weighted by Crippen LogP contribution is 2.38. The standard InChI is InChI=1S/C40H38Cl2F3N3O9S/c41-31-19-48(51)20-32(42)30(31)18-34(25-9-10-33(57-40(44)45)35(17-25)54-22-23-7-8-23)55-38(49)27-4-2-6-29(16-27)58(52,53)46-37(26-3-1-5-28(43)15-26)39(50)56-36-21-47-13-11-24(36)12-14-47/h1-6,9-10,15-17,19-20,23-24,34,36-37,40,46H,7-8,11-14,18,21-22H2/t34-,36-,37?/m0/s1. The van der Waals surface area contributed by atoms with Crippen LogP contribution in [-0.4, -0.2) is 64.2 Å². The van der Waals surface area contributed by atoms with Crippen LogP contribution in [-0.2, 0) is 30.7 Å². The van der Waals surface area contributed by atoms with Gasteiger partial charge in [0.15, 0.2) is 23.9 Å². The third-order valence-electron chi connectivity index (χ3n) is 10.4. The quantitative estimate of drug-likeness (QED) is 0.0713. The fraction of sp³-hybridized carbons (Fsp3) is 0.375. The largest absolute Gasteiger partial charge is 0.619 e. The van der Waals surface area contributed by atoms with Crippen molar-refractivity contribution < 1.29 is 54.9 Å². The van der Waals surface area contributed by atoms with E-state index in [1.807, 2.05) is 0 Å². The van der Waals surface area contributed by atoms with Crippen molar-refractivity contribution in [2.75, 3.05) is 26.2 Å². The SMILES string of the molecule is O=C(O[C@@H](Cc1c(Cl)c[n+]([O-])cc1Cl)c1ccc(OC(F)F)c(OCC2CC2)c1)c1cccc(S(=O)(=O)NC(C(=O)O[C@H]2CN3CCC2CC3)c2cccc(F)c2)c1. The molecule has 4 aromatic rings. The molecule has 0 spiro atoms. The zero-order valence-corrected chi connectivity index (χ0v) is 33.0. The molecule has 0 amide bonds. The van der Waals surface area contributed by atoms with E-state index in [-0.39, 0.29) is 68.7 Å². The third kappa shape index (κ3) is 10.1. The number of nitrogens with one attached hydrogen (secondary N) is 1. The van der Waals surface area contributed by atoms with Crippen molar-refractivity contribution in [3.63, 3.8) is 0 Å². The molecule has 18 heteroatoms. The van der Waals surface area contributed by atoms with E-state index in [2.05, 4.69) is 14.4 Å². The molecule has 1 aliphatic carbocycles. The number of hydrogen-bond acceptors (Lipinski definition) is 10. The average Bonchev–Trinajstić information content (AvgIpc) is 4.02. The molecule has 3 aromatic carbocycles. The molecule has 3 atom stereocenters. The van der Waals surface area contributed by atoms with E-state index in [0.717, 1.165) is 69.4 Å². The Morgan fingerprint density at radius 3 is 2.31 bits per heavy atom. The summed E-state index contributed by atoms with van der Waals surface area (Å²) in [5.41, 5.74) is 0.252. The Kier molecular flexibility index (Phi) is 12.7. The van der Waals surface area contributed by atoms with Crippen LogP contribution >= 0.6 is 23.2 Å². The Morgan fingerprint density at radius 1 is 0.931 bits per heavy atom. The maximum atomic E-state index is 14.4. The monoisotopic (exact) mass is 863 g/mol. The van der Waals surface area contributed by atoms with Crippen LogP contribution in [0, 0.1) is 22.9 Å². The first kappa shape index (κ1) is 41.5. The number of ether oxygens (including phenoxy) is 4. The van der Waals surface area contributed by atoms with Crippen molar-refractivity contribution in [3.05, 3.63) is 122 Å². The number of sulfonamides is 1. The van der Waals surface area contributed by atoms with E-state index in [9.17, 15) is 36.4 Å². The molecular formula is C40H38Cl2F3N3O9S. The number of benzene rings is 3. The first-order chi connectivity index (χ1) is 27.7. The smallest absolute Gasteiger partial charge is 0.387 e. The minimum absolute atomic E-state index is 0.0134. The van der Waals surface area contributed by atoms with Gasteiger partial charge in [0, 0.05) is 18.5 Å². The number of halogens is 5. The highest BCUT2D eigenvalue weighted by molar-refractivity contribution is 7.89. The molecule has 3 saturated heterocycles. The Bertz CT molecular complexity index is 2250. The van der Waals surface area contributed by atoms with E-state index in [4.69, 9.17) is 37.4 Å². The van der Waals surface area contributed by atoms with Crippen molar-refractivity contribution in [2.24, 2.45) is 11.8 Å². The van der Waals surface area contributed by atoms with Crippen LogP contribution in [0.5, 0.6) is 11.5 Å². The number of rotatable bonds is 16. The number of piperidine rings is 3. The summed E-state index contributed by atoms with van der Waals surface area (Å²) < 4.78 is 93.9. The van der Waals surface area contributed by atoms with Crippen LogP contribution in [0.15, 0.2) is 84.0 Å². The zero-order valence-electron chi connectivity index (χ0n) is 30.7. The van der Waals surface area contributed by atoms with Gasteiger partial charge in [0.2, 0.25) is 10.0 Å². The van der Waals surface area contributed by atoms with Crippen molar-refractivity contribution >= 4 is 45.2 Å². The highest BCUT2D eigenvalue weighted by atomic mass is 35.5. The fourth-order valence-corrected chi connectivity index (χ4v) is 8.89. The maximum Gasteiger partial charge on any atom is 0.387 e. The van der Waals surface area contributed by atoms with Crippen LogP contribution < -0.4 is 18.9 Å². The number of hydrogen-bond donors (Lipinski definition) is 1. The number of esters is 2. The van der Waals surface area contributed by atoms with Crippen LogP contribution in [0.2, 0.25) is 10.0 Å². The summed E-state index contributed by atoms with van der Waals surface area (Å²) in [5, 5.41) is 11.9. The predicted octanol–water partition coefficient (Wildman–Crippen LogP) is 6.95. The lowest BCUT2D eigenvalue weighted by atomic mass is 9.86. The minimum Gasteiger partial charge on any atom is -0.619 e. The molecule has 308 valence electrons. The highest BCUT2D eigenvalue weighted by Gasteiger charge is 2.39. The molecule has 1 saturated carbocycles. The van der Waals surface area contributed by atoms with Gasteiger partial charge >= 0.3 is 18.6 Å². The van der Waals surface area contributed by atoms with Crippen LogP contribution in [0.25, 0.3) is 0 Å². The first-order valence-electron chi connectivity index (χ1n) is 18.5. The van der Waals surface area contributed by atoms with Gasteiger partial charge in [-0.2, -0.15) is 18.2 Å². The van der Waals surface area contributed by atoms with Gasteiger partial charge in [-0.15, -0.1) is 0 Å². The summed E-state index contributed by atoms with van der Waals surface area (Å²) in [6.07, 6.45) is 3.67. The number of nitrogens with zero attached hydrogens (tertiary/aromatic N) is 2. The van der Waals surface area contributed by atoms with Gasteiger partial charge in [-0.1, -0.05) is 47.5 Å². The van der Waals surface area contributed by atoms with Gasteiger partial charge in [0.05, 0.1) is 17.1 Å². The molecule has 1 aromatic heterocycles. The molecule has 58 heavy (non-hydrogen) atoms. The molecule has 4 heterocycles. The Balaban J connectivity index is 1.16. The number of alkyl halides is 2. The van der Waals surface area contributed by atoms with Gasteiger partial charge in [-0.25, -0.2) is 22.4 Å². The van der Waals surface area contributed by atoms with Crippen molar-refractivity contribution in [2.45, 2.75) is 61.9 Å². The van der Waals surface area contributed by atoms with Gasteiger partial charge in [0.25, 0.3) is 0 Å². The third-order valence-corrected chi connectivity index (χ3v) is 12.4. The van der Waals surface area contributed by atoms with Crippen LogP contribution in [0.3, 0.4) is 0 Å². The Labute approximate surface area is 342 Å². The van der Waals surface area contributed by atoms with Crippen LogP contribution in [0.1, 0.15) is 64.9 Å². The van der Waals surface area contributed by atoms with Gasteiger partial charge in [-0.05, 0) is 104 Å². The molecule has 12 nitrogen and oxygen atoms in total. The second-order valence-corrected chi connectivity index (χ2v) is 17.0. The minimum atomic E-state index is -4.60. The normalized spacial score (nSPS) is 20.0. The lowest BCUT2D eigenvalue weighted by molar-refractivity contribution is -0.605.